The summed E-state index contributed by atoms with van der Waals surface area (Å²) in [6, 6.07) is 0. The van der Waals surface area contributed by atoms with E-state index in [2.05, 4.69) is 18.7 Å². The van der Waals surface area contributed by atoms with E-state index in [9.17, 15) is 9.59 Å². The lowest BCUT2D eigenvalue weighted by Gasteiger charge is -2.25. The average molecular weight is 524 g/mol. The Morgan fingerprint density at radius 1 is 0.875 bits per heavy atom. The summed E-state index contributed by atoms with van der Waals surface area (Å²) in [4.78, 5) is 26.8. The zero-order valence-electron chi connectivity index (χ0n) is 19.8. The van der Waals surface area contributed by atoms with Crippen molar-refractivity contribution in [2.75, 3.05) is 37.7 Å². The Morgan fingerprint density at radius 3 is 1.94 bits per heavy atom. The lowest BCUT2D eigenvalue weighted by molar-refractivity contribution is -0.160. The van der Waals surface area contributed by atoms with E-state index in [4.69, 9.17) is 9.47 Å². The Balaban J connectivity index is 1.63. The van der Waals surface area contributed by atoms with Crippen molar-refractivity contribution in [1.29, 1.82) is 0 Å². The Labute approximate surface area is 210 Å². The first kappa shape index (κ1) is 28.5. The number of rotatable bonds is 17. The number of carbonyl (C=O) groups excluding carboxylic acids is 2. The molecule has 0 radical (unpaired) electrons. The van der Waals surface area contributed by atoms with Crippen LogP contribution in [0.3, 0.4) is 0 Å². The summed E-state index contributed by atoms with van der Waals surface area (Å²) < 4.78 is 11.2. The maximum atomic E-state index is 12.4. The largest absolute Gasteiger partial charge is 0.462 e. The third-order valence-electron chi connectivity index (χ3n) is 5.85. The van der Waals surface area contributed by atoms with Gasteiger partial charge in [-0.2, -0.15) is 0 Å². The van der Waals surface area contributed by atoms with E-state index in [0.717, 1.165) is 49.3 Å². The van der Waals surface area contributed by atoms with Crippen molar-refractivity contribution < 1.29 is 19.1 Å². The maximum Gasteiger partial charge on any atom is 0.306 e. The van der Waals surface area contributed by atoms with Gasteiger partial charge in [-0.05, 0) is 51.6 Å². The second kappa shape index (κ2) is 17.7. The van der Waals surface area contributed by atoms with Gasteiger partial charge in [0.05, 0.1) is 0 Å². The molecule has 9 heteroatoms. The molecule has 5 nitrogen and oxygen atoms in total. The Bertz CT molecular complexity index is 524. The van der Waals surface area contributed by atoms with Crippen LogP contribution in [0.5, 0.6) is 0 Å². The second-order valence-electron chi connectivity index (χ2n) is 8.43. The van der Waals surface area contributed by atoms with Gasteiger partial charge in [0.15, 0.2) is 0 Å². The van der Waals surface area contributed by atoms with E-state index < -0.39 is 0 Å². The molecule has 2 heterocycles. The first-order valence-corrected chi connectivity index (χ1v) is 17.0. The molecule has 2 fully saturated rings. The van der Waals surface area contributed by atoms with Gasteiger partial charge in [0.1, 0.15) is 12.7 Å². The molecule has 2 aliphatic heterocycles. The van der Waals surface area contributed by atoms with E-state index >= 15 is 0 Å². The molecule has 186 valence electrons. The number of ether oxygens (including phenoxy) is 2. The smallest absolute Gasteiger partial charge is 0.306 e. The molecule has 0 aromatic heterocycles. The summed E-state index contributed by atoms with van der Waals surface area (Å²) in [5.41, 5.74) is 0. The van der Waals surface area contributed by atoms with Crippen LogP contribution < -0.4 is 0 Å². The van der Waals surface area contributed by atoms with E-state index in [1.807, 2.05) is 43.2 Å². The summed E-state index contributed by atoms with van der Waals surface area (Å²) in [5.74, 6) is 2.16. The standard InChI is InChI=1S/C23H41NO4S4/c1-3-24(4-2)17-19(28-23(26)12-8-6-10-21-14-16-30-32-21)18-27-22(25)11-7-5-9-20-13-15-29-31-20/h19-21H,3-18H2,1-2H3. The molecule has 0 saturated carbocycles. The zero-order chi connectivity index (χ0) is 23.0. The molecule has 0 bridgehead atoms. The minimum atomic E-state index is -0.389. The molecule has 0 N–H and O–H groups in total. The van der Waals surface area contributed by atoms with Gasteiger partial charge in [0.25, 0.3) is 0 Å². The predicted molar refractivity (Wildman–Crippen MR) is 142 cm³/mol. The van der Waals surface area contributed by atoms with Crippen LogP contribution in [0, 0.1) is 0 Å². The van der Waals surface area contributed by atoms with Gasteiger partial charge in [-0.3, -0.25) is 9.59 Å². The highest BCUT2D eigenvalue weighted by Gasteiger charge is 2.21. The molecule has 2 rings (SSSR count). The first-order chi connectivity index (χ1) is 15.6. The highest BCUT2D eigenvalue weighted by Crippen LogP contribution is 2.40. The highest BCUT2D eigenvalue weighted by molar-refractivity contribution is 8.77. The van der Waals surface area contributed by atoms with Crippen LogP contribution >= 0.6 is 43.2 Å². The normalized spacial score (nSPS) is 21.7. The van der Waals surface area contributed by atoms with Gasteiger partial charge < -0.3 is 14.4 Å². The number of esters is 2. The van der Waals surface area contributed by atoms with Crippen molar-refractivity contribution in [3.8, 4) is 0 Å². The van der Waals surface area contributed by atoms with Crippen molar-refractivity contribution in [2.24, 2.45) is 0 Å². The van der Waals surface area contributed by atoms with Gasteiger partial charge >= 0.3 is 11.9 Å². The van der Waals surface area contributed by atoms with Crippen LogP contribution in [0.15, 0.2) is 0 Å². The Morgan fingerprint density at radius 2 is 1.44 bits per heavy atom. The highest BCUT2D eigenvalue weighted by atomic mass is 33.1. The SMILES string of the molecule is CCN(CC)CC(COC(=O)CCCCC1CCSS1)OC(=O)CCCCC1CCSS1. The Kier molecular flexibility index (Phi) is 15.8. The molecule has 2 aliphatic rings. The molecule has 32 heavy (non-hydrogen) atoms. The number of carbonyl (C=O) groups is 2. The number of unbranched alkanes of at least 4 members (excludes halogenated alkanes) is 2. The summed E-state index contributed by atoms with van der Waals surface area (Å²) in [6.45, 7) is 6.72. The summed E-state index contributed by atoms with van der Waals surface area (Å²) >= 11 is 0. The summed E-state index contributed by atoms with van der Waals surface area (Å²) in [5, 5.41) is 1.51. The molecule has 0 aromatic carbocycles. The van der Waals surface area contributed by atoms with Crippen LogP contribution in [-0.4, -0.2) is 71.2 Å². The van der Waals surface area contributed by atoms with Crippen LogP contribution in [0.1, 0.15) is 78.1 Å². The number of likely N-dealkylation sites (N-methyl/N-ethyl adjacent to an activating group) is 1. The molecular weight excluding hydrogens is 483 g/mol. The van der Waals surface area contributed by atoms with Gasteiger partial charge in [0, 0.05) is 41.4 Å². The minimum absolute atomic E-state index is 0.159. The van der Waals surface area contributed by atoms with Gasteiger partial charge in [-0.15, -0.1) is 0 Å². The fourth-order valence-corrected chi connectivity index (χ4v) is 9.86. The van der Waals surface area contributed by atoms with Gasteiger partial charge in [-0.1, -0.05) is 69.9 Å². The number of hydrogen-bond acceptors (Lipinski definition) is 9. The van der Waals surface area contributed by atoms with E-state index in [0.29, 0.717) is 19.4 Å². The van der Waals surface area contributed by atoms with Crippen LogP contribution in [0.4, 0.5) is 0 Å². The van der Waals surface area contributed by atoms with Gasteiger partial charge in [0.2, 0.25) is 0 Å². The lowest BCUT2D eigenvalue weighted by atomic mass is 10.1. The van der Waals surface area contributed by atoms with Crippen molar-refractivity contribution in [3.63, 3.8) is 0 Å². The Hall–Kier alpha value is 0.300. The van der Waals surface area contributed by atoms with E-state index in [1.165, 1.54) is 37.2 Å². The van der Waals surface area contributed by atoms with Crippen molar-refractivity contribution >= 4 is 55.1 Å². The van der Waals surface area contributed by atoms with Crippen molar-refractivity contribution in [2.45, 2.75) is 94.7 Å². The topological polar surface area (TPSA) is 55.8 Å². The minimum Gasteiger partial charge on any atom is -0.462 e. The third kappa shape index (κ3) is 12.7. The lowest BCUT2D eigenvalue weighted by Crippen LogP contribution is -2.38. The molecule has 2 saturated heterocycles. The predicted octanol–water partition coefficient (Wildman–Crippen LogP) is 6.21. The average Bonchev–Trinajstić information content (AvgIpc) is 3.50. The molecular formula is C23H41NO4S4. The van der Waals surface area contributed by atoms with Crippen LogP contribution in [0.25, 0.3) is 0 Å². The third-order valence-corrected chi connectivity index (χ3v) is 11.9. The quantitative estimate of drug-likeness (QED) is 0.126. The monoisotopic (exact) mass is 523 g/mol. The number of hydrogen-bond donors (Lipinski definition) is 0. The van der Waals surface area contributed by atoms with Gasteiger partial charge in [-0.25, -0.2) is 0 Å². The zero-order valence-corrected chi connectivity index (χ0v) is 23.0. The fourth-order valence-electron chi connectivity index (χ4n) is 3.81. The molecule has 0 aliphatic carbocycles. The summed E-state index contributed by atoms with van der Waals surface area (Å²) in [6.07, 6.45) is 9.35. The molecule has 0 aromatic rings. The first-order valence-electron chi connectivity index (χ1n) is 12.2. The summed E-state index contributed by atoms with van der Waals surface area (Å²) in [7, 11) is 7.90. The molecule has 0 spiro atoms. The van der Waals surface area contributed by atoms with Crippen LogP contribution in [-0.2, 0) is 19.1 Å². The molecule has 3 unspecified atom stereocenters. The molecule has 0 amide bonds. The van der Waals surface area contributed by atoms with E-state index in [-0.39, 0.29) is 24.6 Å². The van der Waals surface area contributed by atoms with Crippen LogP contribution in [0.2, 0.25) is 0 Å². The van der Waals surface area contributed by atoms with Crippen molar-refractivity contribution in [1.82, 2.24) is 4.90 Å². The molecule has 3 atom stereocenters. The maximum absolute atomic E-state index is 12.4. The van der Waals surface area contributed by atoms with Crippen molar-refractivity contribution in [3.05, 3.63) is 0 Å². The number of nitrogens with zero attached hydrogens (tertiary/aromatic N) is 1. The second-order valence-corrected chi connectivity index (χ2v) is 14.0. The van der Waals surface area contributed by atoms with E-state index in [1.54, 1.807) is 0 Å². The fraction of sp³-hybridized carbons (Fsp3) is 0.913.